The smallest absolute Gasteiger partial charge is 0.331 e. The van der Waals surface area contributed by atoms with Gasteiger partial charge in [-0.25, -0.2) is 4.79 Å². The fourth-order valence-electron chi connectivity index (χ4n) is 2.13. The molecule has 26 heavy (non-hydrogen) atoms. The number of amides is 1. The van der Waals surface area contributed by atoms with Crippen LogP contribution < -0.4 is 5.32 Å². The van der Waals surface area contributed by atoms with Gasteiger partial charge < -0.3 is 10.1 Å². The molecule has 0 radical (unpaired) electrons. The van der Waals surface area contributed by atoms with Crippen LogP contribution in [-0.4, -0.2) is 23.4 Å². The summed E-state index contributed by atoms with van der Waals surface area (Å²) >= 11 is 0. The molecule has 0 aliphatic carbocycles. The lowest BCUT2D eigenvalue weighted by Gasteiger charge is -2.10. The highest BCUT2D eigenvalue weighted by atomic mass is 16.6. The lowest BCUT2D eigenvalue weighted by atomic mass is 10.1. The summed E-state index contributed by atoms with van der Waals surface area (Å²) in [6, 6.07) is 11.2. The first-order valence-electron chi connectivity index (χ1n) is 7.82. The van der Waals surface area contributed by atoms with Gasteiger partial charge in [-0.3, -0.25) is 14.9 Å². The van der Waals surface area contributed by atoms with Gasteiger partial charge in [0, 0.05) is 23.9 Å². The number of rotatable bonds is 6. The van der Waals surface area contributed by atoms with Gasteiger partial charge in [-0.15, -0.1) is 0 Å². The minimum Gasteiger partial charge on any atom is -0.452 e. The third-order valence-electron chi connectivity index (χ3n) is 3.74. The average molecular weight is 354 g/mol. The number of nitrogens with zero attached hydrogens (tertiary/aromatic N) is 1. The monoisotopic (exact) mass is 354 g/mol. The fourth-order valence-corrected chi connectivity index (χ4v) is 2.13. The van der Waals surface area contributed by atoms with Gasteiger partial charge in [-0.1, -0.05) is 12.1 Å². The SMILES string of the molecule is Cc1cccc(NC(=O)COC(=O)/C=C/c2ccc([N+](=O)[O-])cc2)c1C. The van der Waals surface area contributed by atoms with E-state index in [-0.39, 0.29) is 5.69 Å². The molecule has 0 spiro atoms. The summed E-state index contributed by atoms with van der Waals surface area (Å²) in [5.41, 5.74) is 3.24. The summed E-state index contributed by atoms with van der Waals surface area (Å²) in [4.78, 5) is 33.6. The van der Waals surface area contributed by atoms with E-state index in [2.05, 4.69) is 5.32 Å². The van der Waals surface area contributed by atoms with Crippen molar-refractivity contribution in [3.8, 4) is 0 Å². The normalized spacial score (nSPS) is 10.5. The Hall–Kier alpha value is -3.48. The molecule has 134 valence electrons. The Morgan fingerprint density at radius 3 is 2.50 bits per heavy atom. The number of benzene rings is 2. The quantitative estimate of drug-likeness (QED) is 0.371. The lowest BCUT2D eigenvalue weighted by Crippen LogP contribution is -2.20. The molecule has 0 aliphatic heterocycles. The number of nitro groups is 1. The van der Waals surface area contributed by atoms with Crippen LogP contribution in [0.4, 0.5) is 11.4 Å². The summed E-state index contributed by atoms with van der Waals surface area (Å²) < 4.78 is 4.88. The molecule has 7 nitrogen and oxygen atoms in total. The highest BCUT2D eigenvalue weighted by molar-refractivity contribution is 5.95. The van der Waals surface area contributed by atoms with E-state index >= 15 is 0 Å². The number of hydrogen-bond donors (Lipinski definition) is 1. The molecular formula is C19H18N2O5. The van der Waals surface area contributed by atoms with Gasteiger partial charge in [0.1, 0.15) is 0 Å². The van der Waals surface area contributed by atoms with Crippen molar-refractivity contribution in [3.05, 3.63) is 75.3 Å². The van der Waals surface area contributed by atoms with Gasteiger partial charge in [0.05, 0.1) is 4.92 Å². The average Bonchev–Trinajstić information content (AvgIpc) is 2.62. The van der Waals surface area contributed by atoms with E-state index in [1.807, 2.05) is 26.0 Å². The van der Waals surface area contributed by atoms with Crippen LogP contribution >= 0.6 is 0 Å². The Morgan fingerprint density at radius 2 is 1.85 bits per heavy atom. The first kappa shape index (κ1) is 18.9. The van der Waals surface area contributed by atoms with Crippen molar-refractivity contribution in [2.75, 3.05) is 11.9 Å². The molecule has 0 aliphatic rings. The Kier molecular flexibility index (Phi) is 6.21. The van der Waals surface area contributed by atoms with Crippen LogP contribution in [0.25, 0.3) is 6.08 Å². The zero-order valence-electron chi connectivity index (χ0n) is 14.4. The summed E-state index contributed by atoms with van der Waals surface area (Å²) in [6.07, 6.45) is 2.61. The number of nitro benzene ring substituents is 1. The molecule has 0 unspecified atom stereocenters. The Bertz CT molecular complexity index is 857. The molecule has 0 heterocycles. The van der Waals surface area contributed by atoms with Crippen molar-refractivity contribution in [1.29, 1.82) is 0 Å². The highest BCUT2D eigenvalue weighted by Crippen LogP contribution is 2.17. The molecule has 2 rings (SSSR count). The number of aryl methyl sites for hydroxylation is 1. The number of anilines is 1. The van der Waals surface area contributed by atoms with Crippen LogP contribution in [0.5, 0.6) is 0 Å². The van der Waals surface area contributed by atoms with E-state index in [1.165, 1.54) is 30.3 Å². The molecule has 1 N–H and O–H groups in total. The molecule has 2 aromatic carbocycles. The Balaban J connectivity index is 1.85. The number of carbonyl (C=O) groups excluding carboxylic acids is 2. The maximum absolute atomic E-state index is 11.9. The summed E-state index contributed by atoms with van der Waals surface area (Å²) in [7, 11) is 0. The molecule has 7 heteroatoms. The number of esters is 1. The first-order chi connectivity index (χ1) is 12.4. The van der Waals surface area contributed by atoms with Gasteiger partial charge in [0.2, 0.25) is 0 Å². The molecule has 0 bridgehead atoms. The molecule has 0 atom stereocenters. The second kappa shape index (κ2) is 8.57. The topological polar surface area (TPSA) is 98.5 Å². The van der Waals surface area contributed by atoms with E-state index in [9.17, 15) is 19.7 Å². The molecule has 2 aromatic rings. The van der Waals surface area contributed by atoms with Crippen LogP contribution in [-0.2, 0) is 14.3 Å². The van der Waals surface area contributed by atoms with Crippen molar-refractivity contribution >= 4 is 29.3 Å². The van der Waals surface area contributed by atoms with Crippen molar-refractivity contribution in [2.24, 2.45) is 0 Å². The van der Waals surface area contributed by atoms with Crippen LogP contribution in [0.15, 0.2) is 48.5 Å². The molecule has 1 amide bonds. The molecule has 0 fully saturated rings. The number of carbonyl (C=O) groups is 2. The number of hydrogen-bond acceptors (Lipinski definition) is 5. The Morgan fingerprint density at radius 1 is 1.15 bits per heavy atom. The third-order valence-corrected chi connectivity index (χ3v) is 3.74. The summed E-state index contributed by atoms with van der Waals surface area (Å²) in [6.45, 7) is 3.43. The second-order valence-corrected chi connectivity index (χ2v) is 5.59. The van der Waals surface area contributed by atoms with Crippen molar-refractivity contribution in [2.45, 2.75) is 13.8 Å². The Labute approximate surface area is 150 Å². The van der Waals surface area contributed by atoms with Crippen LogP contribution in [0.2, 0.25) is 0 Å². The van der Waals surface area contributed by atoms with Crippen molar-refractivity contribution < 1.29 is 19.2 Å². The lowest BCUT2D eigenvalue weighted by molar-refractivity contribution is -0.384. The van der Waals surface area contributed by atoms with Gasteiger partial charge in [-0.05, 0) is 54.8 Å². The zero-order valence-corrected chi connectivity index (χ0v) is 14.4. The van der Waals surface area contributed by atoms with E-state index in [0.29, 0.717) is 11.3 Å². The van der Waals surface area contributed by atoms with E-state index in [1.54, 1.807) is 6.07 Å². The predicted molar refractivity (Wildman–Crippen MR) is 97.6 cm³/mol. The first-order valence-corrected chi connectivity index (χ1v) is 7.82. The molecule has 0 saturated heterocycles. The van der Waals surface area contributed by atoms with Gasteiger partial charge in [0.15, 0.2) is 6.61 Å². The van der Waals surface area contributed by atoms with E-state index in [4.69, 9.17) is 4.74 Å². The van der Waals surface area contributed by atoms with Crippen LogP contribution in [0, 0.1) is 24.0 Å². The van der Waals surface area contributed by atoms with Crippen molar-refractivity contribution in [1.82, 2.24) is 0 Å². The summed E-state index contributed by atoms with van der Waals surface area (Å²) in [5, 5.41) is 13.3. The van der Waals surface area contributed by atoms with E-state index in [0.717, 1.165) is 17.2 Å². The molecular weight excluding hydrogens is 336 g/mol. The summed E-state index contributed by atoms with van der Waals surface area (Å²) in [5.74, 6) is -1.12. The second-order valence-electron chi connectivity index (χ2n) is 5.59. The maximum atomic E-state index is 11.9. The van der Waals surface area contributed by atoms with Gasteiger partial charge in [0.25, 0.3) is 11.6 Å². The van der Waals surface area contributed by atoms with Crippen LogP contribution in [0.1, 0.15) is 16.7 Å². The number of ether oxygens (including phenoxy) is 1. The number of non-ortho nitro benzene ring substituents is 1. The fraction of sp³-hybridized carbons (Fsp3) is 0.158. The zero-order chi connectivity index (χ0) is 19.1. The number of nitrogens with one attached hydrogen (secondary N) is 1. The van der Waals surface area contributed by atoms with Crippen molar-refractivity contribution in [3.63, 3.8) is 0 Å². The van der Waals surface area contributed by atoms with Crippen LogP contribution in [0.3, 0.4) is 0 Å². The molecule has 0 saturated carbocycles. The third kappa shape index (κ3) is 5.27. The largest absolute Gasteiger partial charge is 0.452 e. The maximum Gasteiger partial charge on any atom is 0.331 e. The molecule has 0 aromatic heterocycles. The van der Waals surface area contributed by atoms with E-state index < -0.39 is 23.4 Å². The van der Waals surface area contributed by atoms with Gasteiger partial charge in [-0.2, -0.15) is 0 Å². The standard InChI is InChI=1S/C19H18N2O5/c1-13-4-3-5-17(14(13)2)20-18(22)12-26-19(23)11-8-15-6-9-16(10-7-15)21(24)25/h3-11H,12H2,1-2H3,(H,20,22)/b11-8+. The van der Waals surface area contributed by atoms with Gasteiger partial charge >= 0.3 is 5.97 Å². The minimum atomic E-state index is -0.681. The highest BCUT2D eigenvalue weighted by Gasteiger charge is 2.08. The minimum absolute atomic E-state index is 0.0344. The predicted octanol–water partition coefficient (Wildman–Crippen LogP) is 3.41.